The summed E-state index contributed by atoms with van der Waals surface area (Å²) in [5.74, 6) is 0.0802. The summed E-state index contributed by atoms with van der Waals surface area (Å²) in [6, 6.07) is 5.35. The van der Waals surface area contributed by atoms with Gasteiger partial charge in [0.1, 0.15) is 0 Å². The first kappa shape index (κ1) is 15.8. The van der Waals surface area contributed by atoms with Crippen molar-refractivity contribution in [2.45, 2.75) is 19.8 Å². The first-order valence-electron chi connectivity index (χ1n) is 8.19. The summed E-state index contributed by atoms with van der Waals surface area (Å²) >= 11 is 0. The highest BCUT2D eigenvalue weighted by molar-refractivity contribution is 5.96. The number of hydrogen-bond acceptors (Lipinski definition) is 3. The van der Waals surface area contributed by atoms with Crippen LogP contribution in [0.4, 0.5) is 10.5 Å². The van der Waals surface area contributed by atoms with Crippen LogP contribution in [0.1, 0.15) is 28.8 Å². The molecule has 1 N–H and O–H groups in total. The molecular weight excluding hydrogens is 294 g/mol. The second-order valence-electron chi connectivity index (χ2n) is 6.06. The van der Waals surface area contributed by atoms with Gasteiger partial charge in [0.2, 0.25) is 0 Å². The van der Waals surface area contributed by atoms with Gasteiger partial charge in [0.25, 0.3) is 5.91 Å². The lowest BCUT2D eigenvalue weighted by Gasteiger charge is -2.27. The van der Waals surface area contributed by atoms with Crippen molar-refractivity contribution >= 4 is 17.6 Å². The summed E-state index contributed by atoms with van der Waals surface area (Å²) in [5.41, 5.74) is 2.34. The van der Waals surface area contributed by atoms with Crippen molar-refractivity contribution in [2.24, 2.45) is 0 Å². The molecule has 124 valence electrons. The quantitative estimate of drug-likeness (QED) is 0.908. The van der Waals surface area contributed by atoms with Gasteiger partial charge in [-0.05, 0) is 43.5 Å². The third kappa shape index (κ3) is 3.64. The van der Waals surface area contributed by atoms with E-state index in [4.69, 9.17) is 4.74 Å². The number of likely N-dealkylation sites (tertiary alicyclic amines) is 1. The molecule has 3 amide bonds. The van der Waals surface area contributed by atoms with Crippen LogP contribution in [0.5, 0.6) is 0 Å². The topological polar surface area (TPSA) is 61.9 Å². The molecule has 2 saturated heterocycles. The Balaban J connectivity index is 1.66. The lowest BCUT2D eigenvalue weighted by Crippen LogP contribution is -2.43. The molecule has 2 fully saturated rings. The van der Waals surface area contributed by atoms with Gasteiger partial charge in [0.15, 0.2) is 0 Å². The van der Waals surface area contributed by atoms with Gasteiger partial charge in [-0.15, -0.1) is 0 Å². The number of aryl methyl sites for hydroxylation is 1. The van der Waals surface area contributed by atoms with E-state index in [0.29, 0.717) is 31.9 Å². The zero-order valence-corrected chi connectivity index (χ0v) is 13.5. The number of amides is 3. The molecule has 0 radical (unpaired) electrons. The van der Waals surface area contributed by atoms with E-state index in [-0.39, 0.29) is 11.9 Å². The highest BCUT2D eigenvalue weighted by Gasteiger charge is 2.21. The zero-order valence-electron chi connectivity index (χ0n) is 13.5. The molecule has 0 bridgehead atoms. The van der Waals surface area contributed by atoms with E-state index in [0.717, 1.165) is 37.2 Å². The molecule has 1 aromatic carbocycles. The summed E-state index contributed by atoms with van der Waals surface area (Å²) in [6.07, 6.45) is 2.16. The molecule has 1 aromatic rings. The third-order valence-electron chi connectivity index (χ3n) is 4.41. The van der Waals surface area contributed by atoms with Gasteiger partial charge in [-0.1, -0.05) is 0 Å². The minimum Gasteiger partial charge on any atom is -0.378 e. The van der Waals surface area contributed by atoms with E-state index in [2.05, 4.69) is 5.32 Å². The summed E-state index contributed by atoms with van der Waals surface area (Å²) in [4.78, 5) is 28.3. The second-order valence-corrected chi connectivity index (χ2v) is 6.06. The van der Waals surface area contributed by atoms with Crippen molar-refractivity contribution in [1.82, 2.24) is 9.80 Å². The van der Waals surface area contributed by atoms with E-state index >= 15 is 0 Å². The predicted octanol–water partition coefficient (Wildman–Crippen LogP) is 2.10. The van der Waals surface area contributed by atoms with Crippen molar-refractivity contribution in [3.63, 3.8) is 0 Å². The number of carbonyl (C=O) groups excluding carboxylic acids is 2. The van der Waals surface area contributed by atoms with E-state index in [1.54, 1.807) is 11.0 Å². The number of rotatable bonds is 2. The van der Waals surface area contributed by atoms with Crippen molar-refractivity contribution in [2.75, 3.05) is 44.7 Å². The predicted molar refractivity (Wildman–Crippen MR) is 87.7 cm³/mol. The average Bonchev–Trinajstić information content (AvgIpc) is 3.11. The van der Waals surface area contributed by atoms with Crippen LogP contribution in [-0.4, -0.2) is 61.1 Å². The highest BCUT2D eigenvalue weighted by atomic mass is 16.5. The first-order chi connectivity index (χ1) is 11.1. The minimum absolute atomic E-state index is 0.0802. The smallest absolute Gasteiger partial charge is 0.322 e. The highest BCUT2D eigenvalue weighted by Crippen LogP contribution is 2.20. The average molecular weight is 317 g/mol. The number of urea groups is 1. The van der Waals surface area contributed by atoms with Gasteiger partial charge in [0, 0.05) is 37.4 Å². The fourth-order valence-corrected chi connectivity index (χ4v) is 3.00. The lowest BCUT2D eigenvalue weighted by atomic mass is 10.1. The lowest BCUT2D eigenvalue weighted by molar-refractivity contribution is 0.0564. The van der Waals surface area contributed by atoms with Gasteiger partial charge in [-0.3, -0.25) is 4.79 Å². The van der Waals surface area contributed by atoms with Gasteiger partial charge < -0.3 is 19.9 Å². The Morgan fingerprint density at radius 2 is 1.74 bits per heavy atom. The molecular formula is C17H23N3O3. The number of hydrogen-bond donors (Lipinski definition) is 1. The van der Waals surface area contributed by atoms with Gasteiger partial charge in [-0.25, -0.2) is 4.79 Å². The van der Waals surface area contributed by atoms with Crippen LogP contribution in [0.25, 0.3) is 0 Å². The Morgan fingerprint density at radius 3 is 2.39 bits per heavy atom. The molecule has 6 heteroatoms. The second kappa shape index (κ2) is 7.00. The summed E-state index contributed by atoms with van der Waals surface area (Å²) in [7, 11) is 0. The van der Waals surface area contributed by atoms with Crippen molar-refractivity contribution in [3.05, 3.63) is 29.3 Å². The molecule has 0 spiro atoms. The molecule has 2 heterocycles. The van der Waals surface area contributed by atoms with Crippen LogP contribution in [0.15, 0.2) is 18.2 Å². The molecule has 0 saturated carbocycles. The SMILES string of the molecule is Cc1cc(C(=O)N2CCCC2)ccc1NC(=O)N1CCOCC1. The molecule has 3 rings (SSSR count). The van der Waals surface area contributed by atoms with Crippen LogP contribution in [0.3, 0.4) is 0 Å². The number of nitrogens with one attached hydrogen (secondary N) is 1. The Bertz CT molecular complexity index is 591. The standard InChI is InChI=1S/C17H23N3O3/c1-13-12-14(16(21)19-6-2-3-7-19)4-5-15(13)18-17(22)20-8-10-23-11-9-20/h4-5,12H,2-3,6-11H2,1H3,(H,18,22). The monoisotopic (exact) mass is 317 g/mol. The van der Waals surface area contributed by atoms with E-state index in [1.807, 2.05) is 24.0 Å². The fourth-order valence-electron chi connectivity index (χ4n) is 3.00. The van der Waals surface area contributed by atoms with Crippen LogP contribution in [0.2, 0.25) is 0 Å². The van der Waals surface area contributed by atoms with Gasteiger partial charge >= 0.3 is 6.03 Å². The number of nitrogens with zero attached hydrogens (tertiary/aromatic N) is 2. The molecule has 0 atom stereocenters. The number of carbonyl (C=O) groups is 2. The van der Waals surface area contributed by atoms with E-state index < -0.39 is 0 Å². The Labute approximate surface area is 136 Å². The Hall–Kier alpha value is -2.08. The number of ether oxygens (including phenoxy) is 1. The minimum atomic E-state index is -0.116. The maximum Gasteiger partial charge on any atom is 0.322 e. The normalized spacial score (nSPS) is 18.1. The molecule has 0 aromatic heterocycles. The number of morpholine rings is 1. The van der Waals surface area contributed by atoms with Crippen molar-refractivity contribution in [3.8, 4) is 0 Å². The molecule has 23 heavy (non-hydrogen) atoms. The Kier molecular flexibility index (Phi) is 4.81. The number of anilines is 1. The summed E-state index contributed by atoms with van der Waals surface area (Å²) < 4.78 is 5.25. The van der Waals surface area contributed by atoms with Crippen LogP contribution < -0.4 is 5.32 Å². The van der Waals surface area contributed by atoms with Gasteiger partial charge in [0.05, 0.1) is 13.2 Å². The fraction of sp³-hybridized carbons (Fsp3) is 0.529. The Morgan fingerprint density at radius 1 is 1.04 bits per heavy atom. The van der Waals surface area contributed by atoms with Crippen LogP contribution >= 0.6 is 0 Å². The third-order valence-corrected chi connectivity index (χ3v) is 4.41. The number of benzene rings is 1. The zero-order chi connectivity index (χ0) is 16.2. The van der Waals surface area contributed by atoms with Crippen molar-refractivity contribution in [1.29, 1.82) is 0 Å². The maximum atomic E-state index is 12.4. The van der Waals surface area contributed by atoms with E-state index in [9.17, 15) is 9.59 Å². The summed E-state index contributed by atoms with van der Waals surface area (Å²) in [5, 5.41) is 2.92. The maximum absolute atomic E-state index is 12.4. The van der Waals surface area contributed by atoms with Crippen molar-refractivity contribution < 1.29 is 14.3 Å². The van der Waals surface area contributed by atoms with Crippen LogP contribution in [0, 0.1) is 6.92 Å². The molecule has 2 aliphatic heterocycles. The molecule has 6 nitrogen and oxygen atoms in total. The molecule has 2 aliphatic rings. The first-order valence-corrected chi connectivity index (χ1v) is 8.19. The molecule has 0 aliphatic carbocycles. The van der Waals surface area contributed by atoms with E-state index in [1.165, 1.54) is 0 Å². The summed E-state index contributed by atoms with van der Waals surface area (Å²) in [6.45, 7) is 5.97. The van der Waals surface area contributed by atoms with Crippen LogP contribution in [-0.2, 0) is 4.74 Å². The van der Waals surface area contributed by atoms with Gasteiger partial charge in [-0.2, -0.15) is 0 Å². The molecule has 0 unspecified atom stereocenters. The largest absolute Gasteiger partial charge is 0.378 e.